The standard InChI is InChI=1S/C12H16N2O4S/c1-9-14-11-8-10(4-5-12(11)18-9)19(15,16)13-6-3-7-17-2/h4-5,8,13H,3,6-7H2,1-2H3. The van der Waals surface area contributed by atoms with Gasteiger partial charge >= 0.3 is 0 Å². The van der Waals surface area contributed by atoms with Gasteiger partial charge in [-0.3, -0.25) is 0 Å². The number of oxazole rings is 1. The van der Waals surface area contributed by atoms with Crippen molar-refractivity contribution in [3.63, 3.8) is 0 Å². The van der Waals surface area contributed by atoms with Gasteiger partial charge in [0.05, 0.1) is 4.90 Å². The van der Waals surface area contributed by atoms with Crippen LogP contribution in [-0.2, 0) is 14.8 Å². The maximum absolute atomic E-state index is 12.0. The van der Waals surface area contributed by atoms with Crippen LogP contribution in [0.1, 0.15) is 12.3 Å². The van der Waals surface area contributed by atoms with Crippen LogP contribution in [0, 0.1) is 6.92 Å². The van der Waals surface area contributed by atoms with E-state index in [2.05, 4.69) is 9.71 Å². The lowest BCUT2D eigenvalue weighted by atomic mass is 10.3. The molecule has 0 saturated carbocycles. The zero-order valence-electron chi connectivity index (χ0n) is 10.8. The average molecular weight is 284 g/mol. The number of sulfonamides is 1. The van der Waals surface area contributed by atoms with Gasteiger partial charge < -0.3 is 9.15 Å². The van der Waals surface area contributed by atoms with Crippen LogP contribution in [0.2, 0.25) is 0 Å². The van der Waals surface area contributed by atoms with Gasteiger partial charge in [0.1, 0.15) is 5.52 Å². The molecule has 0 aliphatic heterocycles. The smallest absolute Gasteiger partial charge is 0.240 e. The lowest BCUT2D eigenvalue weighted by molar-refractivity contribution is 0.196. The number of hydrogen-bond acceptors (Lipinski definition) is 5. The minimum atomic E-state index is -3.51. The number of fused-ring (bicyclic) bond motifs is 1. The van der Waals surface area contributed by atoms with Gasteiger partial charge in [-0.1, -0.05) is 0 Å². The van der Waals surface area contributed by atoms with Gasteiger partial charge in [-0.15, -0.1) is 0 Å². The second-order valence-electron chi connectivity index (χ2n) is 4.11. The van der Waals surface area contributed by atoms with E-state index in [4.69, 9.17) is 9.15 Å². The first-order valence-electron chi connectivity index (χ1n) is 5.89. The highest BCUT2D eigenvalue weighted by molar-refractivity contribution is 7.89. The molecule has 7 heteroatoms. The second-order valence-corrected chi connectivity index (χ2v) is 5.87. The molecule has 2 aromatic rings. The molecule has 0 radical (unpaired) electrons. The number of aryl methyl sites for hydroxylation is 1. The van der Waals surface area contributed by atoms with E-state index in [0.29, 0.717) is 36.6 Å². The molecule has 1 heterocycles. The number of ether oxygens (including phenoxy) is 1. The van der Waals surface area contributed by atoms with Crippen molar-refractivity contribution in [3.8, 4) is 0 Å². The van der Waals surface area contributed by atoms with E-state index >= 15 is 0 Å². The van der Waals surface area contributed by atoms with Crippen molar-refractivity contribution in [1.29, 1.82) is 0 Å². The molecule has 0 saturated heterocycles. The van der Waals surface area contributed by atoms with Crippen LogP contribution in [0.15, 0.2) is 27.5 Å². The quantitative estimate of drug-likeness (QED) is 0.812. The van der Waals surface area contributed by atoms with Crippen molar-refractivity contribution < 1.29 is 17.6 Å². The molecule has 0 atom stereocenters. The molecule has 1 aromatic carbocycles. The Kier molecular flexibility index (Phi) is 4.18. The molecule has 0 unspecified atom stereocenters. The van der Waals surface area contributed by atoms with Crippen molar-refractivity contribution in [2.24, 2.45) is 0 Å². The molecule has 6 nitrogen and oxygen atoms in total. The van der Waals surface area contributed by atoms with Crippen molar-refractivity contribution in [1.82, 2.24) is 9.71 Å². The number of aromatic nitrogens is 1. The van der Waals surface area contributed by atoms with E-state index in [0.717, 1.165) is 0 Å². The van der Waals surface area contributed by atoms with Crippen LogP contribution < -0.4 is 4.72 Å². The van der Waals surface area contributed by atoms with E-state index < -0.39 is 10.0 Å². The summed E-state index contributed by atoms with van der Waals surface area (Å²) < 4.78 is 36.8. The summed E-state index contributed by atoms with van der Waals surface area (Å²) in [5, 5.41) is 0. The summed E-state index contributed by atoms with van der Waals surface area (Å²) in [6.45, 7) is 2.58. The predicted molar refractivity (Wildman–Crippen MR) is 70.4 cm³/mol. The molecule has 0 amide bonds. The van der Waals surface area contributed by atoms with Gasteiger partial charge in [0.2, 0.25) is 10.0 Å². The fourth-order valence-electron chi connectivity index (χ4n) is 1.70. The molecule has 19 heavy (non-hydrogen) atoms. The predicted octanol–water partition coefficient (Wildman–Crippen LogP) is 1.45. The zero-order chi connectivity index (χ0) is 13.9. The van der Waals surface area contributed by atoms with Gasteiger partial charge in [-0.25, -0.2) is 18.1 Å². The Bertz CT molecular complexity index is 663. The third kappa shape index (κ3) is 3.31. The van der Waals surface area contributed by atoms with Crippen molar-refractivity contribution in [2.45, 2.75) is 18.2 Å². The number of nitrogens with zero attached hydrogens (tertiary/aromatic N) is 1. The maximum Gasteiger partial charge on any atom is 0.240 e. The summed E-state index contributed by atoms with van der Waals surface area (Å²) in [6, 6.07) is 4.62. The largest absolute Gasteiger partial charge is 0.441 e. The number of methoxy groups -OCH3 is 1. The minimum absolute atomic E-state index is 0.186. The number of hydrogen-bond donors (Lipinski definition) is 1. The Labute approximate surface area is 111 Å². The number of rotatable bonds is 6. The average Bonchev–Trinajstić information content (AvgIpc) is 2.73. The van der Waals surface area contributed by atoms with E-state index in [1.807, 2.05) is 0 Å². The third-order valence-electron chi connectivity index (χ3n) is 2.59. The lowest BCUT2D eigenvalue weighted by Crippen LogP contribution is -2.25. The van der Waals surface area contributed by atoms with Crippen LogP contribution in [0.25, 0.3) is 11.1 Å². The molecule has 2 rings (SSSR count). The van der Waals surface area contributed by atoms with Gasteiger partial charge in [0.25, 0.3) is 0 Å². The van der Waals surface area contributed by atoms with Crippen molar-refractivity contribution in [2.75, 3.05) is 20.3 Å². The number of benzene rings is 1. The first-order chi connectivity index (χ1) is 9.03. The molecule has 1 aromatic heterocycles. The molecule has 0 bridgehead atoms. The molecule has 0 aliphatic rings. The van der Waals surface area contributed by atoms with Crippen LogP contribution in [0.5, 0.6) is 0 Å². The fraction of sp³-hybridized carbons (Fsp3) is 0.417. The molecule has 0 spiro atoms. The summed E-state index contributed by atoms with van der Waals surface area (Å²) in [6.07, 6.45) is 0.626. The Hall–Kier alpha value is -1.44. The molecule has 1 N–H and O–H groups in total. The Morgan fingerprint density at radius 2 is 2.21 bits per heavy atom. The topological polar surface area (TPSA) is 81.4 Å². The van der Waals surface area contributed by atoms with Crippen LogP contribution in [0.3, 0.4) is 0 Å². The van der Waals surface area contributed by atoms with E-state index in [1.165, 1.54) is 12.1 Å². The summed E-state index contributed by atoms with van der Waals surface area (Å²) in [7, 11) is -1.93. The maximum atomic E-state index is 12.0. The van der Waals surface area contributed by atoms with Crippen LogP contribution in [0.4, 0.5) is 0 Å². The van der Waals surface area contributed by atoms with Gasteiger partial charge in [-0.2, -0.15) is 0 Å². The molecule has 0 aliphatic carbocycles. The van der Waals surface area contributed by atoms with E-state index in [1.54, 1.807) is 20.1 Å². The summed E-state index contributed by atoms with van der Waals surface area (Å²) in [4.78, 5) is 4.30. The Morgan fingerprint density at radius 3 is 2.95 bits per heavy atom. The van der Waals surface area contributed by atoms with Crippen LogP contribution >= 0.6 is 0 Å². The fourth-order valence-corrected chi connectivity index (χ4v) is 2.79. The Morgan fingerprint density at radius 1 is 1.42 bits per heavy atom. The third-order valence-corrected chi connectivity index (χ3v) is 4.05. The van der Waals surface area contributed by atoms with Crippen molar-refractivity contribution >= 4 is 21.1 Å². The van der Waals surface area contributed by atoms with Crippen molar-refractivity contribution in [3.05, 3.63) is 24.1 Å². The van der Waals surface area contributed by atoms with E-state index in [-0.39, 0.29) is 4.90 Å². The molecular weight excluding hydrogens is 268 g/mol. The summed E-state index contributed by atoms with van der Waals surface area (Å²) in [5.41, 5.74) is 1.12. The normalized spacial score (nSPS) is 12.1. The first kappa shape index (κ1) is 14.0. The highest BCUT2D eigenvalue weighted by Gasteiger charge is 2.15. The zero-order valence-corrected chi connectivity index (χ0v) is 11.7. The molecule has 104 valence electrons. The minimum Gasteiger partial charge on any atom is -0.441 e. The molecular formula is C12H16N2O4S. The lowest BCUT2D eigenvalue weighted by Gasteiger charge is -2.06. The number of nitrogens with one attached hydrogen (secondary N) is 1. The second kappa shape index (κ2) is 5.68. The van der Waals surface area contributed by atoms with Gasteiger partial charge in [0, 0.05) is 27.2 Å². The van der Waals surface area contributed by atoms with E-state index in [9.17, 15) is 8.42 Å². The monoisotopic (exact) mass is 284 g/mol. The highest BCUT2D eigenvalue weighted by Crippen LogP contribution is 2.19. The highest BCUT2D eigenvalue weighted by atomic mass is 32.2. The van der Waals surface area contributed by atoms with Gasteiger partial charge in [-0.05, 0) is 24.6 Å². The summed E-state index contributed by atoms with van der Waals surface area (Å²) in [5.74, 6) is 0.512. The van der Waals surface area contributed by atoms with Crippen LogP contribution in [-0.4, -0.2) is 33.7 Å². The SMILES string of the molecule is COCCCNS(=O)(=O)c1ccc2oc(C)nc2c1. The summed E-state index contributed by atoms with van der Waals surface area (Å²) >= 11 is 0. The Balaban J connectivity index is 2.17. The molecule has 0 fully saturated rings. The first-order valence-corrected chi connectivity index (χ1v) is 7.37. The van der Waals surface area contributed by atoms with Gasteiger partial charge in [0.15, 0.2) is 11.5 Å².